The second-order valence-corrected chi connectivity index (χ2v) is 6.54. The van der Waals surface area contributed by atoms with Gasteiger partial charge >= 0.3 is 0 Å². The van der Waals surface area contributed by atoms with Crippen molar-refractivity contribution in [2.24, 2.45) is 23.5 Å². The summed E-state index contributed by atoms with van der Waals surface area (Å²) in [4.78, 5) is 2.58. The molecule has 3 heteroatoms. The summed E-state index contributed by atoms with van der Waals surface area (Å²) >= 11 is 0. The van der Waals surface area contributed by atoms with Gasteiger partial charge in [0.05, 0.1) is 12.7 Å². The van der Waals surface area contributed by atoms with Gasteiger partial charge in [-0.2, -0.15) is 0 Å². The lowest BCUT2D eigenvalue weighted by Crippen LogP contribution is -2.50. The van der Waals surface area contributed by atoms with Gasteiger partial charge in [0.25, 0.3) is 0 Å². The Balaban J connectivity index is 1.87. The number of hydrogen-bond acceptors (Lipinski definition) is 3. The molecule has 2 rings (SSSR count). The molecule has 0 aromatic rings. The van der Waals surface area contributed by atoms with Crippen LogP contribution >= 0.6 is 0 Å². The number of nitrogens with zero attached hydrogens (tertiary/aromatic N) is 1. The van der Waals surface area contributed by atoms with Gasteiger partial charge in [-0.3, -0.25) is 4.90 Å². The van der Waals surface area contributed by atoms with E-state index in [0.29, 0.717) is 18.1 Å². The number of nitrogens with two attached hydrogens (primary N) is 1. The third kappa shape index (κ3) is 3.46. The molecule has 0 amide bonds. The van der Waals surface area contributed by atoms with E-state index in [-0.39, 0.29) is 0 Å². The molecule has 0 aromatic heterocycles. The second kappa shape index (κ2) is 6.36. The van der Waals surface area contributed by atoms with Gasteiger partial charge in [-0.05, 0) is 37.0 Å². The van der Waals surface area contributed by atoms with Crippen molar-refractivity contribution < 1.29 is 4.74 Å². The van der Waals surface area contributed by atoms with E-state index in [9.17, 15) is 0 Å². The van der Waals surface area contributed by atoms with E-state index in [1.54, 1.807) is 0 Å². The Kier molecular flexibility index (Phi) is 5.05. The van der Waals surface area contributed by atoms with E-state index in [4.69, 9.17) is 10.5 Å². The fraction of sp³-hybridized carbons (Fsp3) is 1.00. The third-order valence-corrected chi connectivity index (χ3v) is 4.88. The lowest BCUT2D eigenvalue weighted by Gasteiger charge is -2.42. The van der Waals surface area contributed by atoms with Crippen molar-refractivity contribution in [3.8, 4) is 0 Å². The van der Waals surface area contributed by atoms with Gasteiger partial charge in [-0.25, -0.2) is 0 Å². The van der Waals surface area contributed by atoms with Crippen LogP contribution in [0.4, 0.5) is 0 Å². The topological polar surface area (TPSA) is 38.5 Å². The maximum atomic E-state index is 6.39. The first-order valence-corrected chi connectivity index (χ1v) is 7.69. The number of morpholine rings is 1. The number of hydrogen-bond donors (Lipinski definition) is 1. The molecule has 1 aliphatic heterocycles. The first-order valence-electron chi connectivity index (χ1n) is 7.69. The van der Waals surface area contributed by atoms with Crippen molar-refractivity contribution in [1.82, 2.24) is 4.90 Å². The summed E-state index contributed by atoms with van der Waals surface area (Å²) in [6.07, 6.45) is 4.11. The van der Waals surface area contributed by atoms with Crippen molar-refractivity contribution in [3.63, 3.8) is 0 Å². The minimum atomic E-state index is 0.395. The van der Waals surface area contributed by atoms with Gasteiger partial charge in [0.15, 0.2) is 0 Å². The van der Waals surface area contributed by atoms with Crippen LogP contribution in [0, 0.1) is 17.8 Å². The Morgan fingerprint density at radius 1 is 1.28 bits per heavy atom. The standard InChI is InChI=1S/C15H30N2O/c1-4-13-9-17(5-6-18-13)10-14-12(3)7-11(2)8-15(14)16/h11-15H,4-10,16H2,1-3H3. The Morgan fingerprint density at radius 3 is 2.72 bits per heavy atom. The maximum absolute atomic E-state index is 6.39. The van der Waals surface area contributed by atoms with Crippen LogP contribution in [0.1, 0.15) is 40.0 Å². The van der Waals surface area contributed by atoms with Crippen molar-refractivity contribution in [2.75, 3.05) is 26.2 Å². The van der Waals surface area contributed by atoms with Crippen molar-refractivity contribution >= 4 is 0 Å². The van der Waals surface area contributed by atoms with Crippen LogP contribution in [0.5, 0.6) is 0 Å². The summed E-state index contributed by atoms with van der Waals surface area (Å²) in [6, 6.07) is 0.395. The van der Waals surface area contributed by atoms with E-state index in [1.807, 2.05) is 0 Å². The minimum Gasteiger partial charge on any atom is -0.376 e. The molecule has 5 atom stereocenters. The van der Waals surface area contributed by atoms with Gasteiger partial charge in [0, 0.05) is 25.7 Å². The lowest BCUT2D eigenvalue weighted by atomic mass is 9.72. The molecule has 3 nitrogen and oxygen atoms in total. The summed E-state index contributed by atoms with van der Waals surface area (Å²) in [7, 11) is 0. The van der Waals surface area contributed by atoms with Gasteiger partial charge in [0.1, 0.15) is 0 Å². The molecule has 0 radical (unpaired) electrons. The fourth-order valence-corrected chi connectivity index (χ4v) is 3.77. The molecular weight excluding hydrogens is 224 g/mol. The molecule has 1 aliphatic carbocycles. The molecule has 1 heterocycles. The molecule has 0 bridgehead atoms. The van der Waals surface area contributed by atoms with Crippen molar-refractivity contribution in [3.05, 3.63) is 0 Å². The van der Waals surface area contributed by atoms with Crippen molar-refractivity contribution in [2.45, 2.75) is 52.2 Å². The first kappa shape index (κ1) is 14.3. The zero-order valence-corrected chi connectivity index (χ0v) is 12.3. The summed E-state index contributed by atoms with van der Waals surface area (Å²) in [5.74, 6) is 2.25. The molecule has 1 saturated carbocycles. The van der Waals surface area contributed by atoms with Crippen LogP contribution in [0.3, 0.4) is 0 Å². The zero-order chi connectivity index (χ0) is 13.1. The number of ether oxygens (including phenoxy) is 1. The highest BCUT2D eigenvalue weighted by Crippen LogP contribution is 2.33. The normalized spacial score (nSPS) is 43.0. The predicted molar refractivity (Wildman–Crippen MR) is 75.5 cm³/mol. The lowest BCUT2D eigenvalue weighted by molar-refractivity contribution is -0.0405. The van der Waals surface area contributed by atoms with Crippen LogP contribution in [0.15, 0.2) is 0 Å². The predicted octanol–water partition coefficient (Wildman–Crippen LogP) is 2.11. The average Bonchev–Trinajstić information content (AvgIpc) is 2.34. The molecule has 2 aliphatic rings. The molecule has 1 saturated heterocycles. The Hall–Kier alpha value is -0.120. The smallest absolute Gasteiger partial charge is 0.0700 e. The van der Waals surface area contributed by atoms with Crippen LogP contribution < -0.4 is 5.73 Å². The van der Waals surface area contributed by atoms with E-state index >= 15 is 0 Å². The van der Waals surface area contributed by atoms with E-state index < -0.39 is 0 Å². The molecule has 2 fully saturated rings. The van der Waals surface area contributed by atoms with E-state index in [2.05, 4.69) is 25.7 Å². The molecule has 2 N–H and O–H groups in total. The first-order chi connectivity index (χ1) is 8.60. The summed E-state index contributed by atoms with van der Waals surface area (Å²) in [5, 5.41) is 0. The summed E-state index contributed by atoms with van der Waals surface area (Å²) in [6.45, 7) is 11.2. The van der Waals surface area contributed by atoms with Crippen LogP contribution in [-0.4, -0.2) is 43.3 Å². The van der Waals surface area contributed by atoms with Crippen LogP contribution in [0.2, 0.25) is 0 Å². The molecule has 5 unspecified atom stereocenters. The fourth-order valence-electron chi connectivity index (χ4n) is 3.77. The highest BCUT2D eigenvalue weighted by Gasteiger charge is 2.33. The molecule has 0 aromatic carbocycles. The molecule has 18 heavy (non-hydrogen) atoms. The zero-order valence-electron chi connectivity index (χ0n) is 12.3. The van der Waals surface area contributed by atoms with Crippen LogP contribution in [-0.2, 0) is 4.74 Å². The largest absolute Gasteiger partial charge is 0.376 e. The quantitative estimate of drug-likeness (QED) is 0.838. The average molecular weight is 254 g/mol. The molecule has 106 valence electrons. The van der Waals surface area contributed by atoms with Gasteiger partial charge in [0.2, 0.25) is 0 Å². The molecular formula is C15H30N2O. The minimum absolute atomic E-state index is 0.395. The Bertz CT molecular complexity index is 247. The van der Waals surface area contributed by atoms with E-state index in [1.165, 1.54) is 19.4 Å². The Labute approximate surface area is 112 Å². The van der Waals surface area contributed by atoms with E-state index in [0.717, 1.165) is 38.0 Å². The Morgan fingerprint density at radius 2 is 2.06 bits per heavy atom. The maximum Gasteiger partial charge on any atom is 0.0700 e. The highest BCUT2D eigenvalue weighted by molar-refractivity contribution is 4.88. The van der Waals surface area contributed by atoms with Crippen molar-refractivity contribution in [1.29, 1.82) is 0 Å². The van der Waals surface area contributed by atoms with Gasteiger partial charge < -0.3 is 10.5 Å². The SMILES string of the molecule is CCC1CN(CC2C(C)CC(C)CC2N)CCO1. The van der Waals surface area contributed by atoms with Gasteiger partial charge in [-0.15, -0.1) is 0 Å². The third-order valence-electron chi connectivity index (χ3n) is 4.88. The van der Waals surface area contributed by atoms with Gasteiger partial charge in [-0.1, -0.05) is 20.8 Å². The number of rotatable bonds is 3. The monoisotopic (exact) mass is 254 g/mol. The van der Waals surface area contributed by atoms with Crippen LogP contribution in [0.25, 0.3) is 0 Å². The second-order valence-electron chi connectivity index (χ2n) is 6.54. The summed E-state index contributed by atoms with van der Waals surface area (Å²) in [5.41, 5.74) is 6.39. The molecule has 0 spiro atoms. The highest BCUT2D eigenvalue weighted by atomic mass is 16.5. The summed E-state index contributed by atoms with van der Waals surface area (Å²) < 4.78 is 5.74.